The Labute approximate surface area is 138 Å². The van der Waals surface area contributed by atoms with Crippen molar-refractivity contribution < 1.29 is 14.3 Å². The third-order valence-corrected chi connectivity index (χ3v) is 3.81. The molecule has 0 aliphatic rings. The monoisotopic (exact) mass is 336 g/mol. The molecular formula is C17H14Cl2O3. The number of hydrogen-bond donors (Lipinski definition) is 0. The van der Waals surface area contributed by atoms with Crippen LogP contribution in [0.5, 0.6) is 0 Å². The molecule has 3 nitrogen and oxygen atoms in total. The summed E-state index contributed by atoms with van der Waals surface area (Å²) in [6.45, 7) is 1.56. The molecule has 0 N–H and O–H groups in total. The number of carbonyl (C=O) groups is 2. The molecular weight excluding hydrogens is 323 g/mol. The van der Waals surface area contributed by atoms with Crippen LogP contribution in [-0.4, -0.2) is 17.9 Å². The number of benzene rings is 2. The molecule has 0 fully saturated rings. The van der Waals surface area contributed by atoms with E-state index in [4.69, 9.17) is 27.9 Å². The molecule has 5 heteroatoms. The topological polar surface area (TPSA) is 43.4 Å². The molecule has 0 radical (unpaired) electrons. The molecule has 0 heterocycles. The van der Waals surface area contributed by atoms with Crippen LogP contribution < -0.4 is 0 Å². The Hall–Kier alpha value is -1.84. The lowest BCUT2D eigenvalue weighted by Gasteiger charge is -2.12. The van der Waals surface area contributed by atoms with Crippen LogP contribution in [-0.2, 0) is 16.0 Å². The number of carbonyl (C=O) groups excluding carboxylic acids is 2. The average molecular weight is 337 g/mol. The number of esters is 1. The maximum absolute atomic E-state index is 12.1. The Kier molecular flexibility index (Phi) is 5.58. The molecule has 0 aromatic heterocycles. The van der Waals surface area contributed by atoms with Gasteiger partial charge in [-0.2, -0.15) is 0 Å². The molecule has 0 spiro atoms. The Morgan fingerprint density at radius 1 is 1.05 bits per heavy atom. The van der Waals surface area contributed by atoms with Crippen molar-refractivity contribution in [3.05, 3.63) is 69.7 Å². The van der Waals surface area contributed by atoms with E-state index in [1.54, 1.807) is 49.4 Å². The van der Waals surface area contributed by atoms with E-state index in [1.165, 1.54) is 0 Å². The third-order valence-electron chi connectivity index (χ3n) is 3.07. The van der Waals surface area contributed by atoms with Gasteiger partial charge in [-0.3, -0.25) is 9.59 Å². The van der Waals surface area contributed by atoms with Crippen LogP contribution in [0.4, 0.5) is 0 Å². The number of ether oxygens (including phenoxy) is 1. The Morgan fingerprint density at radius 2 is 1.73 bits per heavy atom. The highest BCUT2D eigenvalue weighted by atomic mass is 35.5. The molecule has 22 heavy (non-hydrogen) atoms. The van der Waals surface area contributed by atoms with Gasteiger partial charge in [-0.15, -0.1) is 0 Å². The predicted octanol–water partition coefficient (Wildman–Crippen LogP) is 4.35. The van der Waals surface area contributed by atoms with Crippen molar-refractivity contribution in [2.75, 3.05) is 0 Å². The van der Waals surface area contributed by atoms with E-state index >= 15 is 0 Å². The molecule has 0 saturated heterocycles. The maximum atomic E-state index is 12.1. The van der Waals surface area contributed by atoms with E-state index in [0.717, 1.165) is 0 Å². The van der Waals surface area contributed by atoms with Crippen molar-refractivity contribution in [3.63, 3.8) is 0 Å². The highest BCUT2D eigenvalue weighted by Crippen LogP contribution is 2.23. The normalized spacial score (nSPS) is 11.8. The predicted molar refractivity (Wildman–Crippen MR) is 86.5 cm³/mol. The second-order valence-corrected chi connectivity index (χ2v) is 5.60. The van der Waals surface area contributed by atoms with Crippen molar-refractivity contribution in [2.45, 2.75) is 19.4 Å². The molecule has 0 saturated carbocycles. The smallest absolute Gasteiger partial charge is 0.310 e. The van der Waals surface area contributed by atoms with Crippen LogP contribution >= 0.6 is 23.2 Å². The van der Waals surface area contributed by atoms with Crippen LogP contribution in [0.3, 0.4) is 0 Å². The Bertz CT molecular complexity index is 684. The van der Waals surface area contributed by atoms with Gasteiger partial charge in [0, 0.05) is 5.56 Å². The van der Waals surface area contributed by atoms with Gasteiger partial charge in [-0.1, -0.05) is 59.6 Å². The summed E-state index contributed by atoms with van der Waals surface area (Å²) < 4.78 is 5.18. The summed E-state index contributed by atoms with van der Waals surface area (Å²) in [6, 6.07) is 13.6. The molecule has 2 aromatic rings. The van der Waals surface area contributed by atoms with Crippen molar-refractivity contribution in [1.82, 2.24) is 0 Å². The summed E-state index contributed by atoms with van der Waals surface area (Å²) in [7, 11) is 0. The first-order valence-corrected chi connectivity index (χ1v) is 7.45. The van der Waals surface area contributed by atoms with Crippen LogP contribution in [0.25, 0.3) is 0 Å². The second kappa shape index (κ2) is 7.43. The number of Topliss-reactive ketones (excluding diaryl/α,β-unsaturated/α-hetero) is 1. The molecule has 2 rings (SSSR count). The van der Waals surface area contributed by atoms with Gasteiger partial charge < -0.3 is 4.74 Å². The minimum atomic E-state index is -0.835. The van der Waals surface area contributed by atoms with Crippen LogP contribution in [0.1, 0.15) is 22.8 Å². The Balaban J connectivity index is 1.96. The molecule has 0 bridgehead atoms. The van der Waals surface area contributed by atoms with Crippen molar-refractivity contribution in [1.29, 1.82) is 0 Å². The fourth-order valence-electron chi connectivity index (χ4n) is 1.95. The van der Waals surface area contributed by atoms with Gasteiger partial charge in [0.1, 0.15) is 0 Å². The molecule has 0 aliphatic carbocycles. The fraction of sp³-hybridized carbons (Fsp3) is 0.176. The standard InChI is InChI=1S/C17H14Cl2O3/c1-11(17(21)13-5-3-2-4-6-13)22-16(20)10-12-7-8-14(18)15(19)9-12/h2-9,11H,10H2,1H3. The SMILES string of the molecule is CC(OC(=O)Cc1ccc(Cl)c(Cl)c1)C(=O)c1ccccc1. The van der Waals surface area contributed by atoms with E-state index in [-0.39, 0.29) is 12.2 Å². The first kappa shape index (κ1) is 16.5. The van der Waals surface area contributed by atoms with E-state index < -0.39 is 12.1 Å². The fourth-order valence-corrected chi connectivity index (χ4v) is 2.27. The zero-order valence-corrected chi connectivity index (χ0v) is 13.4. The van der Waals surface area contributed by atoms with Crippen molar-refractivity contribution in [3.8, 4) is 0 Å². The van der Waals surface area contributed by atoms with Crippen LogP contribution in [0, 0.1) is 0 Å². The summed E-state index contributed by atoms with van der Waals surface area (Å²) in [5.74, 6) is -0.724. The molecule has 1 atom stereocenters. The van der Waals surface area contributed by atoms with Crippen LogP contribution in [0.15, 0.2) is 48.5 Å². The summed E-state index contributed by atoms with van der Waals surface area (Å²) in [4.78, 5) is 24.0. The third kappa shape index (κ3) is 4.33. The van der Waals surface area contributed by atoms with Crippen molar-refractivity contribution in [2.24, 2.45) is 0 Å². The summed E-state index contributed by atoms with van der Waals surface area (Å²) in [6.07, 6.45) is -0.804. The molecule has 114 valence electrons. The first-order chi connectivity index (χ1) is 10.5. The van der Waals surface area contributed by atoms with E-state index in [2.05, 4.69) is 0 Å². The van der Waals surface area contributed by atoms with Crippen molar-refractivity contribution >= 4 is 35.0 Å². The lowest BCUT2D eigenvalue weighted by molar-refractivity contribution is -0.145. The van der Waals surface area contributed by atoms with Gasteiger partial charge in [0.2, 0.25) is 5.78 Å². The first-order valence-electron chi connectivity index (χ1n) is 6.70. The minimum Gasteiger partial charge on any atom is -0.454 e. The lowest BCUT2D eigenvalue weighted by atomic mass is 10.1. The highest BCUT2D eigenvalue weighted by Gasteiger charge is 2.19. The van der Waals surface area contributed by atoms with E-state index in [9.17, 15) is 9.59 Å². The Morgan fingerprint density at radius 3 is 2.36 bits per heavy atom. The minimum absolute atomic E-state index is 0.0311. The van der Waals surface area contributed by atoms with Gasteiger partial charge in [-0.25, -0.2) is 0 Å². The van der Waals surface area contributed by atoms with E-state index in [1.807, 2.05) is 6.07 Å². The van der Waals surface area contributed by atoms with Gasteiger partial charge in [0.15, 0.2) is 6.10 Å². The van der Waals surface area contributed by atoms with Gasteiger partial charge in [0.25, 0.3) is 0 Å². The lowest BCUT2D eigenvalue weighted by Crippen LogP contribution is -2.25. The van der Waals surface area contributed by atoms with E-state index in [0.29, 0.717) is 21.2 Å². The van der Waals surface area contributed by atoms with Gasteiger partial charge >= 0.3 is 5.97 Å². The number of rotatable bonds is 5. The average Bonchev–Trinajstić information content (AvgIpc) is 2.51. The summed E-state index contributed by atoms with van der Waals surface area (Å²) in [5.41, 5.74) is 1.19. The molecule has 1 unspecified atom stereocenters. The quantitative estimate of drug-likeness (QED) is 0.602. The molecule has 0 amide bonds. The summed E-state index contributed by atoms with van der Waals surface area (Å²) in [5, 5.41) is 0.798. The number of hydrogen-bond acceptors (Lipinski definition) is 3. The highest BCUT2D eigenvalue weighted by molar-refractivity contribution is 6.42. The maximum Gasteiger partial charge on any atom is 0.310 e. The largest absolute Gasteiger partial charge is 0.454 e. The van der Waals surface area contributed by atoms with Gasteiger partial charge in [-0.05, 0) is 24.6 Å². The van der Waals surface area contributed by atoms with Gasteiger partial charge in [0.05, 0.1) is 16.5 Å². The number of ketones is 1. The second-order valence-electron chi connectivity index (χ2n) is 4.79. The molecule has 2 aromatic carbocycles. The number of halogens is 2. The summed E-state index contributed by atoms with van der Waals surface area (Å²) >= 11 is 11.7. The zero-order valence-electron chi connectivity index (χ0n) is 11.9. The molecule has 0 aliphatic heterocycles. The van der Waals surface area contributed by atoms with Crippen LogP contribution in [0.2, 0.25) is 10.0 Å². The zero-order chi connectivity index (χ0) is 16.1.